The monoisotopic (exact) mass is 193 g/mol. The van der Waals surface area contributed by atoms with Crippen molar-refractivity contribution in [2.24, 2.45) is 0 Å². The Morgan fingerprint density at radius 3 is 2.64 bits per heavy atom. The molecule has 1 aromatic heterocycles. The summed E-state index contributed by atoms with van der Waals surface area (Å²) in [6, 6.07) is 0. The number of aromatic carboxylic acids is 1. The van der Waals surface area contributed by atoms with E-state index in [1.54, 1.807) is 0 Å². The second kappa shape index (κ2) is 4.13. The summed E-state index contributed by atoms with van der Waals surface area (Å²) in [6.45, 7) is 3.22. The first-order chi connectivity index (χ1) is 6.65. The molecule has 0 spiro atoms. The van der Waals surface area contributed by atoms with Gasteiger partial charge < -0.3 is 10.4 Å². The molecule has 0 bridgehead atoms. The molecule has 0 saturated carbocycles. The van der Waals surface area contributed by atoms with Gasteiger partial charge in [-0.3, -0.25) is 4.79 Å². The number of aromatic nitrogens is 2. The number of nitrogens with zero attached hydrogens (tertiary/aromatic N) is 2. The quantitative estimate of drug-likeness (QED) is 0.673. The van der Waals surface area contributed by atoms with Gasteiger partial charge in [-0.2, -0.15) is 0 Å². The Kier molecular flexibility index (Phi) is 2.90. The Hall–Kier alpha value is -2.24. The predicted octanol–water partition coefficient (Wildman–Crippen LogP) is 0.299. The molecule has 0 fully saturated rings. The van der Waals surface area contributed by atoms with Gasteiger partial charge in [-0.05, 0) is 6.08 Å². The zero-order valence-corrected chi connectivity index (χ0v) is 7.10. The molecule has 6 nitrogen and oxygen atoms in total. The van der Waals surface area contributed by atoms with E-state index in [4.69, 9.17) is 5.11 Å². The van der Waals surface area contributed by atoms with Gasteiger partial charge in [0.2, 0.25) is 5.91 Å². The van der Waals surface area contributed by atoms with Crippen LogP contribution in [0.3, 0.4) is 0 Å². The van der Waals surface area contributed by atoms with Gasteiger partial charge in [0, 0.05) is 12.4 Å². The number of carbonyl (C=O) groups excluding carboxylic acids is 1. The summed E-state index contributed by atoms with van der Waals surface area (Å²) in [4.78, 5) is 28.7. The van der Waals surface area contributed by atoms with Crippen molar-refractivity contribution in [1.82, 2.24) is 9.97 Å². The maximum atomic E-state index is 10.9. The van der Waals surface area contributed by atoms with Crippen LogP contribution in [0.4, 0.5) is 5.82 Å². The van der Waals surface area contributed by atoms with Crippen molar-refractivity contribution < 1.29 is 14.7 Å². The van der Waals surface area contributed by atoms with E-state index in [1.165, 1.54) is 12.4 Å². The van der Waals surface area contributed by atoms with Crippen LogP contribution in [-0.4, -0.2) is 27.0 Å². The van der Waals surface area contributed by atoms with E-state index in [1.807, 2.05) is 0 Å². The van der Waals surface area contributed by atoms with Gasteiger partial charge >= 0.3 is 5.97 Å². The summed E-state index contributed by atoms with van der Waals surface area (Å²) >= 11 is 0. The molecule has 0 atom stereocenters. The van der Waals surface area contributed by atoms with Gasteiger partial charge in [0.1, 0.15) is 0 Å². The van der Waals surface area contributed by atoms with E-state index >= 15 is 0 Å². The Bertz CT molecular complexity index is 389. The first kappa shape index (κ1) is 9.85. The summed E-state index contributed by atoms with van der Waals surface area (Å²) in [5, 5.41) is 10.9. The predicted molar refractivity (Wildman–Crippen MR) is 47.8 cm³/mol. The molecule has 0 unspecified atom stereocenters. The fraction of sp³-hybridized carbons (Fsp3) is 0. The van der Waals surface area contributed by atoms with Gasteiger partial charge in [0.15, 0.2) is 11.5 Å². The average Bonchev–Trinajstić information content (AvgIpc) is 2.18. The summed E-state index contributed by atoms with van der Waals surface area (Å²) in [5.41, 5.74) is -0.303. The molecule has 0 aliphatic heterocycles. The Morgan fingerprint density at radius 1 is 1.43 bits per heavy atom. The molecule has 6 heteroatoms. The standard InChI is InChI=1S/C8H7N3O3/c1-2-5(12)11-7-6(8(13)14)9-3-4-10-7/h2-4H,1H2,(H,13,14)(H,10,11,12). The van der Waals surface area contributed by atoms with Gasteiger partial charge in [-0.15, -0.1) is 0 Å². The van der Waals surface area contributed by atoms with Crippen LogP contribution >= 0.6 is 0 Å². The zero-order valence-electron chi connectivity index (χ0n) is 7.10. The van der Waals surface area contributed by atoms with E-state index in [0.717, 1.165) is 6.08 Å². The molecule has 0 radical (unpaired) electrons. The summed E-state index contributed by atoms with van der Waals surface area (Å²) < 4.78 is 0. The third-order valence-electron chi connectivity index (χ3n) is 1.33. The molecular weight excluding hydrogens is 186 g/mol. The second-order valence-electron chi connectivity index (χ2n) is 2.25. The minimum Gasteiger partial charge on any atom is -0.476 e. The molecule has 1 amide bonds. The summed E-state index contributed by atoms with van der Waals surface area (Å²) in [7, 11) is 0. The lowest BCUT2D eigenvalue weighted by atomic mass is 10.4. The Morgan fingerprint density at radius 2 is 2.07 bits per heavy atom. The molecule has 14 heavy (non-hydrogen) atoms. The fourth-order valence-corrected chi connectivity index (χ4v) is 0.754. The highest BCUT2D eigenvalue weighted by atomic mass is 16.4. The smallest absolute Gasteiger partial charge is 0.358 e. The third-order valence-corrected chi connectivity index (χ3v) is 1.33. The lowest BCUT2D eigenvalue weighted by molar-refractivity contribution is -0.111. The van der Waals surface area contributed by atoms with E-state index in [-0.39, 0.29) is 11.5 Å². The number of carboxylic acids is 1. The van der Waals surface area contributed by atoms with Gasteiger partial charge in [-0.1, -0.05) is 6.58 Å². The van der Waals surface area contributed by atoms with Crippen molar-refractivity contribution in [3.63, 3.8) is 0 Å². The highest BCUT2D eigenvalue weighted by Gasteiger charge is 2.13. The molecular formula is C8H7N3O3. The maximum absolute atomic E-state index is 10.9. The molecule has 1 rings (SSSR count). The number of rotatable bonds is 3. The van der Waals surface area contributed by atoms with Crippen molar-refractivity contribution >= 4 is 17.7 Å². The van der Waals surface area contributed by atoms with E-state index in [0.29, 0.717) is 0 Å². The van der Waals surface area contributed by atoms with E-state index in [2.05, 4.69) is 21.9 Å². The van der Waals surface area contributed by atoms with Crippen molar-refractivity contribution in [3.8, 4) is 0 Å². The Balaban J connectivity index is 3.01. The van der Waals surface area contributed by atoms with Crippen LogP contribution < -0.4 is 5.32 Å². The van der Waals surface area contributed by atoms with Crippen molar-refractivity contribution in [1.29, 1.82) is 0 Å². The van der Waals surface area contributed by atoms with Crippen molar-refractivity contribution in [3.05, 3.63) is 30.7 Å². The molecule has 1 aromatic rings. The van der Waals surface area contributed by atoms with Gasteiger partial charge in [0.05, 0.1) is 0 Å². The topological polar surface area (TPSA) is 92.2 Å². The number of carbonyl (C=O) groups is 2. The van der Waals surface area contributed by atoms with Crippen LogP contribution in [0.1, 0.15) is 10.5 Å². The van der Waals surface area contributed by atoms with Crippen LogP contribution in [-0.2, 0) is 4.79 Å². The largest absolute Gasteiger partial charge is 0.476 e. The minimum atomic E-state index is -1.25. The van der Waals surface area contributed by atoms with Crippen LogP contribution in [0.5, 0.6) is 0 Å². The molecule has 0 saturated heterocycles. The average molecular weight is 193 g/mol. The zero-order chi connectivity index (χ0) is 10.6. The first-order valence-electron chi connectivity index (χ1n) is 3.63. The number of nitrogens with one attached hydrogen (secondary N) is 1. The summed E-state index contributed by atoms with van der Waals surface area (Å²) in [5.74, 6) is -1.88. The number of carboxylic acid groups (broad SMARTS) is 1. The molecule has 1 heterocycles. The number of amides is 1. The van der Waals surface area contributed by atoms with Crippen LogP contribution in [0.2, 0.25) is 0 Å². The number of hydrogen-bond acceptors (Lipinski definition) is 4. The molecule has 72 valence electrons. The first-order valence-corrected chi connectivity index (χ1v) is 3.63. The third kappa shape index (κ3) is 2.13. The van der Waals surface area contributed by atoms with Crippen LogP contribution in [0, 0.1) is 0 Å². The minimum absolute atomic E-state index is 0.0927. The van der Waals surface area contributed by atoms with Crippen LogP contribution in [0.15, 0.2) is 25.0 Å². The summed E-state index contributed by atoms with van der Waals surface area (Å²) in [6.07, 6.45) is 3.53. The van der Waals surface area contributed by atoms with E-state index in [9.17, 15) is 9.59 Å². The normalized spacial score (nSPS) is 9.14. The fourth-order valence-electron chi connectivity index (χ4n) is 0.754. The van der Waals surface area contributed by atoms with Crippen molar-refractivity contribution in [2.45, 2.75) is 0 Å². The number of hydrogen-bond donors (Lipinski definition) is 2. The number of anilines is 1. The molecule has 0 aromatic carbocycles. The van der Waals surface area contributed by atoms with Crippen molar-refractivity contribution in [2.75, 3.05) is 5.32 Å². The van der Waals surface area contributed by atoms with Crippen LogP contribution in [0.25, 0.3) is 0 Å². The highest BCUT2D eigenvalue weighted by molar-refractivity contribution is 6.02. The SMILES string of the molecule is C=CC(=O)Nc1nccnc1C(=O)O. The maximum Gasteiger partial charge on any atom is 0.358 e. The lowest BCUT2D eigenvalue weighted by Crippen LogP contribution is -2.14. The molecule has 0 aliphatic carbocycles. The second-order valence-corrected chi connectivity index (χ2v) is 2.25. The highest BCUT2D eigenvalue weighted by Crippen LogP contribution is 2.07. The molecule has 2 N–H and O–H groups in total. The Labute approximate surface area is 79.3 Å². The van der Waals surface area contributed by atoms with E-state index < -0.39 is 11.9 Å². The molecule has 0 aliphatic rings. The van der Waals surface area contributed by atoms with Gasteiger partial charge in [0.25, 0.3) is 0 Å². The lowest BCUT2D eigenvalue weighted by Gasteiger charge is -2.02. The van der Waals surface area contributed by atoms with Gasteiger partial charge in [-0.25, -0.2) is 14.8 Å².